The number of hydrogen-bond donors (Lipinski definition) is 2. The summed E-state index contributed by atoms with van der Waals surface area (Å²) >= 11 is 0. The smallest absolute Gasteiger partial charge is 0.378 e. The fraction of sp³-hybridized carbons (Fsp3) is 0.273. The summed E-state index contributed by atoms with van der Waals surface area (Å²) in [4.78, 5) is 12.6. The highest BCUT2D eigenvalue weighted by molar-refractivity contribution is 5.97. The lowest BCUT2D eigenvalue weighted by atomic mass is 10.0. The summed E-state index contributed by atoms with van der Waals surface area (Å²) in [6.07, 6.45) is -2.93. The summed E-state index contributed by atoms with van der Waals surface area (Å²) in [7, 11) is 0. The molecule has 0 saturated heterocycles. The lowest BCUT2D eigenvalue weighted by Crippen LogP contribution is -2.43. The molecule has 2 N–H and O–H groups in total. The van der Waals surface area contributed by atoms with Gasteiger partial charge in [-0.25, -0.2) is 0 Å². The zero-order valence-electron chi connectivity index (χ0n) is 16.6. The third kappa shape index (κ3) is 4.16. The van der Waals surface area contributed by atoms with E-state index in [-0.39, 0.29) is 12.2 Å². The average molecular weight is 415 g/mol. The van der Waals surface area contributed by atoms with Crippen LogP contribution in [0.25, 0.3) is 10.9 Å². The summed E-state index contributed by atoms with van der Waals surface area (Å²) in [5, 5.41) is 22.9. The van der Waals surface area contributed by atoms with E-state index in [4.69, 9.17) is 5.26 Å². The van der Waals surface area contributed by atoms with Crippen molar-refractivity contribution in [2.45, 2.75) is 39.1 Å². The van der Waals surface area contributed by atoms with Crippen LogP contribution in [0.1, 0.15) is 29.2 Å². The molecule has 0 bridgehead atoms. The summed E-state index contributed by atoms with van der Waals surface area (Å²) in [5.41, 5.74) is -0.849. The Bertz CT molecular complexity index is 1170. The summed E-state index contributed by atoms with van der Waals surface area (Å²) in [6, 6.07) is 10.2. The van der Waals surface area contributed by atoms with Gasteiger partial charge < -0.3 is 15.0 Å². The van der Waals surface area contributed by atoms with Gasteiger partial charge in [-0.05, 0) is 56.7 Å². The molecule has 8 heteroatoms. The van der Waals surface area contributed by atoms with E-state index in [2.05, 4.69) is 5.32 Å². The average Bonchev–Trinajstić information content (AvgIpc) is 2.95. The van der Waals surface area contributed by atoms with E-state index in [1.54, 1.807) is 4.57 Å². The Kier molecular flexibility index (Phi) is 5.35. The number of anilines is 1. The van der Waals surface area contributed by atoms with Crippen LogP contribution in [-0.2, 0) is 17.5 Å². The molecule has 5 nitrogen and oxygen atoms in total. The van der Waals surface area contributed by atoms with Crippen LogP contribution in [0.5, 0.6) is 0 Å². The Morgan fingerprint density at radius 3 is 2.53 bits per heavy atom. The summed E-state index contributed by atoms with van der Waals surface area (Å²) < 4.78 is 41.2. The van der Waals surface area contributed by atoms with Crippen LogP contribution in [0.15, 0.2) is 42.6 Å². The van der Waals surface area contributed by atoms with E-state index in [0.29, 0.717) is 6.07 Å². The molecule has 3 rings (SSSR count). The number of benzene rings is 2. The predicted octanol–water partition coefficient (Wildman–Crippen LogP) is 4.54. The highest BCUT2D eigenvalue weighted by Crippen LogP contribution is 2.34. The zero-order chi connectivity index (χ0) is 22.3. The van der Waals surface area contributed by atoms with E-state index in [1.165, 1.54) is 19.1 Å². The maximum absolute atomic E-state index is 13.1. The maximum Gasteiger partial charge on any atom is 0.417 e. The molecule has 1 heterocycles. The second-order valence-electron chi connectivity index (χ2n) is 7.56. The molecule has 2 aromatic carbocycles. The van der Waals surface area contributed by atoms with Gasteiger partial charge in [0.25, 0.3) is 5.91 Å². The van der Waals surface area contributed by atoms with Gasteiger partial charge in [0.15, 0.2) is 5.60 Å². The van der Waals surface area contributed by atoms with Gasteiger partial charge in [-0.2, -0.15) is 18.4 Å². The molecule has 0 aliphatic rings. The molecule has 1 atom stereocenters. The molecule has 30 heavy (non-hydrogen) atoms. The molecule has 0 saturated carbocycles. The number of halogens is 3. The first-order chi connectivity index (χ1) is 13.9. The molecule has 0 aliphatic heterocycles. The maximum atomic E-state index is 13.1. The highest BCUT2D eigenvalue weighted by Gasteiger charge is 2.35. The Hall–Kier alpha value is -3.31. The van der Waals surface area contributed by atoms with Gasteiger partial charge in [-0.3, -0.25) is 4.79 Å². The van der Waals surface area contributed by atoms with Crippen LogP contribution in [0.3, 0.4) is 0 Å². The Morgan fingerprint density at radius 1 is 1.20 bits per heavy atom. The minimum Gasteiger partial charge on any atom is -0.378 e. The van der Waals surface area contributed by atoms with Crippen molar-refractivity contribution in [3.63, 3.8) is 0 Å². The fourth-order valence-electron chi connectivity index (χ4n) is 3.34. The van der Waals surface area contributed by atoms with Gasteiger partial charge in [0.2, 0.25) is 0 Å². The number of aryl methyl sites for hydroxylation is 2. The quantitative estimate of drug-likeness (QED) is 0.657. The molecular formula is C22H20F3N3O2. The third-order valence-corrected chi connectivity index (χ3v) is 4.91. The Balaban J connectivity index is 1.86. The molecule has 156 valence electrons. The molecule has 1 aromatic heterocycles. The van der Waals surface area contributed by atoms with Crippen molar-refractivity contribution in [2.24, 2.45) is 0 Å². The minimum absolute atomic E-state index is 0.0886. The molecule has 1 amide bonds. The van der Waals surface area contributed by atoms with E-state index >= 15 is 0 Å². The zero-order valence-corrected chi connectivity index (χ0v) is 16.6. The standard InChI is InChI=1S/C22H20F3N3O2/c1-13-4-7-19-17(8-13)14(2)11-28(19)12-21(3,30)20(29)27-16-6-5-15(10-26)18(9-16)22(23,24)25/h4-9,11,30H,12H2,1-3H3,(H,27,29)/t21-/m0/s1. The number of carbonyl (C=O) groups is 1. The number of fused-ring (bicyclic) bond motifs is 1. The number of alkyl halides is 3. The highest BCUT2D eigenvalue weighted by atomic mass is 19.4. The topological polar surface area (TPSA) is 78.1 Å². The van der Waals surface area contributed by atoms with Crippen LogP contribution in [0.2, 0.25) is 0 Å². The second kappa shape index (κ2) is 7.50. The molecule has 0 spiro atoms. The lowest BCUT2D eigenvalue weighted by molar-refractivity contribution is -0.138. The van der Waals surface area contributed by atoms with Gasteiger partial charge in [0.1, 0.15) is 0 Å². The van der Waals surface area contributed by atoms with Crippen molar-refractivity contribution in [2.75, 3.05) is 5.32 Å². The number of nitriles is 1. The number of nitrogens with one attached hydrogen (secondary N) is 1. The van der Waals surface area contributed by atoms with Crippen molar-refractivity contribution >= 4 is 22.5 Å². The fourth-order valence-corrected chi connectivity index (χ4v) is 3.34. The van der Waals surface area contributed by atoms with Gasteiger partial charge in [0.05, 0.1) is 23.7 Å². The molecular weight excluding hydrogens is 395 g/mol. The number of aromatic nitrogens is 1. The van der Waals surface area contributed by atoms with Crippen LogP contribution >= 0.6 is 0 Å². The van der Waals surface area contributed by atoms with Crippen LogP contribution in [-0.4, -0.2) is 21.2 Å². The van der Waals surface area contributed by atoms with Gasteiger partial charge in [-0.15, -0.1) is 0 Å². The molecule has 0 unspecified atom stereocenters. The predicted molar refractivity (Wildman–Crippen MR) is 107 cm³/mol. The number of aliphatic hydroxyl groups is 1. The third-order valence-electron chi connectivity index (χ3n) is 4.91. The van der Waals surface area contributed by atoms with E-state index in [0.717, 1.165) is 28.1 Å². The van der Waals surface area contributed by atoms with Crippen molar-refractivity contribution in [3.8, 4) is 6.07 Å². The molecule has 0 aliphatic carbocycles. The normalized spacial score (nSPS) is 13.7. The molecule has 3 aromatic rings. The van der Waals surface area contributed by atoms with E-state index < -0.39 is 28.8 Å². The Morgan fingerprint density at radius 2 is 1.90 bits per heavy atom. The number of hydrogen-bond acceptors (Lipinski definition) is 3. The van der Waals surface area contributed by atoms with Crippen molar-refractivity contribution < 1.29 is 23.1 Å². The van der Waals surface area contributed by atoms with Crippen molar-refractivity contribution in [1.29, 1.82) is 5.26 Å². The largest absolute Gasteiger partial charge is 0.417 e. The second-order valence-corrected chi connectivity index (χ2v) is 7.56. The SMILES string of the molecule is Cc1ccc2c(c1)c(C)cn2C[C@](C)(O)C(=O)Nc1ccc(C#N)c(C(F)(F)F)c1. The minimum atomic E-state index is -4.74. The van der Waals surface area contributed by atoms with Gasteiger partial charge >= 0.3 is 6.18 Å². The summed E-state index contributed by atoms with van der Waals surface area (Å²) in [6.45, 7) is 5.09. The summed E-state index contributed by atoms with van der Waals surface area (Å²) in [5.74, 6) is -0.855. The first-order valence-corrected chi connectivity index (χ1v) is 9.13. The Labute approximate surface area is 171 Å². The van der Waals surface area contributed by atoms with Crippen molar-refractivity contribution in [3.05, 3.63) is 64.8 Å². The number of amides is 1. The van der Waals surface area contributed by atoms with Crippen LogP contribution in [0.4, 0.5) is 18.9 Å². The molecule has 0 radical (unpaired) electrons. The van der Waals surface area contributed by atoms with E-state index in [1.807, 2.05) is 38.2 Å². The monoisotopic (exact) mass is 415 g/mol. The lowest BCUT2D eigenvalue weighted by Gasteiger charge is -2.24. The van der Waals surface area contributed by atoms with Gasteiger partial charge in [-0.1, -0.05) is 11.6 Å². The number of nitrogens with zero attached hydrogens (tertiary/aromatic N) is 2. The first kappa shape index (κ1) is 21.4. The van der Waals surface area contributed by atoms with Crippen molar-refractivity contribution in [1.82, 2.24) is 4.57 Å². The number of rotatable bonds is 4. The van der Waals surface area contributed by atoms with E-state index in [9.17, 15) is 23.1 Å². The van der Waals surface area contributed by atoms with Gasteiger partial charge in [0, 0.05) is 22.8 Å². The number of carbonyl (C=O) groups excluding carboxylic acids is 1. The molecule has 0 fully saturated rings. The van der Waals surface area contributed by atoms with Crippen LogP contribution < -0.4 is 5.32 Å². The first-order valence-electron chi connectivity index (χ1n) is 9.13. The van der Waals surface area contributed by atoms with Crippen LogP contribution in [0, 0.1) is 25.2 Å².